The Hall–Kier alpha value is -3.92. The Bertz CT molecular complexity index is 1580. The van der Waals surface area contributed by atoms with Gasteiger partial charge in [0.25, 0.3) is 0 Å². The average Bonchev–Trinajstić information content (AvgIpc) is 3.05. The molecule has 2 aromatic carbocycles. The molecule has 0 fully saturated rings. The summed E-state index contributed by atoms with van der Waals surface area (Å²) < 4.78 is 45.7. The first-order valence-electron chi connectivity index (χ1n) is 9.59. The Kier molecular flexibility index (Phi) is 4.82. The van der Waals surface area contributed by atoms with Gasteiger partial charge in [-0.3, -0.25) is 15.0 Å². The van der Waals surface area contributed by atoms with E-state index in [1.807, 2.05) is 6.07 Å². The Labute approximate surface area is 189 Å². The first kappa shape index (κ1) is 21.0. The summed E-state index contributed by atoms with van der Waals surface area (Å²) in [5, 5.41) is 9.15. The van der Waals surface area contributed by atoms with Crippen molar-refractivity contribution in [3.63, 3.8) is 0 Å². The van der Waals surface area contributed by atoms with Crippen LogP contribution < -0.4 is 10.4 Å². The highest BCUT2D eigenvalue weighted by atomic mass is 35.5. The highest BCUT2D eigenvalue weighted by molar-refractivity contribution is 6.32. The summed E-state index contributed by atoms with van der Waals surface area (Å²) in [7, 11) is 1.75. The molecular weight excluding hydrogens is 457 g/mol. The lowest BCUT2D eigenvalue weighted by Gasteiger charge is -2.12. The minimum atomic E-state index is -4.86. The van der Waals surface area contributed by atoms with Crippen molar-refractivity contribution in [2.75, 3.05) is 0 Å². The number of ether oxygens (including phenoxy) is 1. The molecule has 0 radical (unpaired) electrons. The van der Waals surface area contributed by atoms with E-state index in [0.717, 1.165) is 0 Å². The van der Waals surface area contributed by atoms with Gasteiger partial charge in [0.15, 0.2) is 0 Å². The molecular formula is C22H14ClF3N6O. The zero-order valence-electron chi connectivity index (χ0n) is 16.9. The Balaban J connectivity index is 1.76. The van der Waals surface area contributed by atoms with E-state index in [9.17, 15) is 13.2 Å². The van der Waals surface area contributed by atoms with Crippen LogP contribution in [-0.2, 0) is 7.05 Å². The maximum Gasteiger partial charge on any atom is 0.573 e. The molecule has 0 atom stereocenters. The molecule has 0 aliphatic rings. The van der Waals surface area contributed by atoms with Gasteiger partial charge >= 0.3 is 6.36 Å². The molecule has 166 valence electrons. The number of pyridine rings is 1. The number of aromatic nitrogens is 5. The second-order valence-electron chi connectivity index (χ2n) is 7.23. The number of fused-ring (bicyclic) bond motifs is 3. The molecule has 0 spiro atoms. The normalized spacial score (nSPS) is 11.9. The van der Waals surface area contributed by atoms with Crippen LogP contribution in [-0.4, -0.2) is 30.4 Å². The fourth-order valence-electron chi connectivity index (χ4n) is 3.74. The summed E-state index contributed by atoms with van der Waals surface area (Å²) in [5.74, 6) is -0.484. The third-order valence-electron chi connectivity index (χ3n) is 5.23. The minimum absolute atomic E-state index is 0.148. The SMILES string of the molecule is Cn1c(=N)n(-c2cncnc2)c2c3cc(-c4ccc(Cl)c(OC(F)(F)F)c4)ccc3ncc21. The van der Waals surface area contributed by atoms with Crippen molar-refractivity contribution >= 4 is 33.5 Å². The van der Waals surface area contributed by atoms with Gasteiger partial charge < -0.3 is 9.30 Å². The van der Waals surface area contributed by atoms with Gasteiger partial charge in [-0.15, -0.1) is 13.2 Å². The first-order valence-corrected chi connectivity index (χ1v) is 9.96. The van der Waals surface area contributed by atoms with Crippen LogP contribution in [0.15, 0.2) is 61.3 Å². The molecule has 0 saturated heterocycles. The average molecular weight is 471 g/mol. The van der Waals surface area contributed by atoms with Crippen LogP contribution in [0.25, 0.3) is 38.8 Å². The molecule has 11 heteroatoms. The van der Waals surface area contributed by atoms with Crippen molar-refractivity contribution in [2.24, 2.45) is 7.05 Å². The number of hydrogen-bond acceptors (Lipinski definition) is 5. The van der Waals surface area contributed by atoms with Crippen LogP contribution in [0, 0.1) is 5.41 Å². The van der Waals surface area contributed by atoms with Crippen LogP contribution in [0.4, 0.5) is 13.2 Å². The number of hydrogen-bond donors (Lipinski definition) is 1. The zero-order chi connectivity index (χ0) is 23.3. The van der Waals surface area contributed by atoms with E-state index in [2.05, 4.69) is 19.7 Å². The standard InChI is InChI=1S/C22H14ClF3N6O/c1-31-18-10-30-17-5-3-12(13-2-4-16(23)19(7-13)33-22(24,25)26)6-15(17)20(18)32(21(31)27)14-8-28-11-29-9-14/h2-11,27H,1H3. The van der Waals surface area contributed by atoms with Gasteiger partial charge in [0.2, 0.25) is 5.62 Å². The number of rotatable bonds is 3. The molecule has 0 aliphatic heterocycles. The summed E-state index contributed by atoms with van der Waals surface area (Å²) >= 11 is 5.90. The van der Waals surface area contributed by atoms with Crippen molar-refractivity contribution < 1.29 is 17.9 Å². The number of nitrogens with zero attached hydrogens (tertiary/aromatic N) is 5. The Morgan fingerprint density at radius 3 is 2.42 bits per heavy atom. The lowest BCUT2D eigenvalue weighted by atomic mass is 10.0. The predicted molar refractivity (Wildman–Crippen MR) is 116 cm³/mol. The smallest absolute Gasteiger partial charge is 0.404 e. The first-order chi connectivity index (χ1) is 15.7. The molecule has 1 N–H and O–H groups in total. The molecule has 3 aromatic heterocycles. The molecule has 0 amide bonds. The van der Waals surface area contributed by atoms with E-state index < -0.39 is 12.1 Å². The zero-order valence-corrected chi connectivity index (χ0v) is 17.7. The largest absolute Gasteiger partial charge is 0.573 e. The molecule has 0 unspecified atom stereocenters. The summed E-state index contributed by atoms with van der Waals surface area (Å²) in [6, 6.07) is 9.54. The van der Waals surface area contributed by atoms with Gasteiger partial charge in [0, 0.05) is 12.4 Å². The number of alkyl halides is 3. The maximum atomic E-state index is 12.8. The fourth-order valence-corrected chi connectivity index (χ4v) is 3.90. The summed E-state index contributed by atoms with van der Waals surface area (Å²) in [5.41, 5.74) is 3.95. The molecule has 0 bridgehead atoms. The van der Waals surface area contributed by atoms with Gasteiger partial charge in [-0.1, -0.05) is 23.7 Å². The lowest BCUT2D eigenvalue weighted by Crippen LogP contribution is -2.21. The maximum absolute atomic E-state index is 12.8. The van der Waals surface area contributed by atoms with Gasteiger partial charge in [-0.05, 0) is 35.4 Å². The number of imidazole rings is 1. The van der Waals surface area contributed by atoms with E-state index in [1.54, 1.807) is 53.0 Å². The van der Waals surface area contributed by atoms with E-state index in [4.69, 9.17) is 17.0 Å². The van der Waals surface area contributed by atoms with Crippen molar-refractivity contribution in [3.05, 3.63) is 72.0 Å². The van der Waals surface area contributed by atoms with Crippen molar-refractivity contribution in [3.8, 4) is 22.6 Å². The molecule has 0 aliphatic carbocycles. The highest BCUT2D eigenvalue weighted by Gasteiger charge is 2.32. The monoisotopic (exact) mass is 470 g/mol. The van der Waals surface area contributed by atoms with E-state index in [-0.39, 0.29) is 10.6 Å². The lowest BCUT2D eigenvalue weighted by molar-refractivity contribution is -0.274. The third-order valence-corrected chi connectivity index (χ3v) is 5.54. The van der Waals surface area contributed by atoms with Crippen LogP contribution in [0.3, 0.4) is 0 Å². The second-order valence-corrected chi connectivity index (χ2v) is 7.64. The van der Waals surface area contributed by atoms with Gasteiger partial charge in [-0.2, -0.15) is 0 Å². The topological polar surface area (TPSA) is 81.6 Å². The highest BCUT2D eigenvalue weighted by Crippen LogP contribution is 2.36. The van der Waals surface area contributed by atoms with Crippen molar-refractivity contribution in [1.29, 1.82) is 5.41 Å². The van der Waals surface area contributed by atoms with Gasteiger partial charge in [0.1, 0.15) is 12.1 Å². The predicted octanol–water partition coefficient (Wildman–Crippen LogP) is 5.01. The Morgan fingerprint density at radius 1 is 1.00 bits per heavy atom. The van der Waals surface area contributed by atoms with Crippen LogP contribution >= 0.6 is 11.6 Å². The summed E-state index contributed by atoms with van der Waals surface area (Å²) in [6.45, 7) is 0. The van der Waals surface area contributed by atoms with Crippen LogP contribution in [0.5, 0.6) is 5.75 Å². The van der Waals surface area contributed by atoms with Crippen LogP contribution in [0.2, 0.25) is 5.02 Å². The number of halogens is 4. The molecule has 7 nitrogen and oxygen atoms in total. The van der Waals surface area contributed by atoms with E-state index >= 15 is 0 Å². The van der Waals surface area contributed by atoms with Crippen molar-refractivity contribution in [2.45, 2.75) is 6.36 Å². The van der Waals surface area contributed by atoms with E-state index in [1.165, 1.54) is 18.5 Å². The third kappa shape index (κ3) is 3.68. The minimum Gasteiger partial charge on any atom is -0.404 e. The number of aryl methyl sites for hydroxylation is 1. The molecule has 3 heterocycles. The molecule has 33 heavy (non-hydrogen) atoms. The molecule has 5 aromatic rings. The number of nitrogens with one attached hydrogen (secondary N) is 1. The molecule has 5 rings (SSSR count). The summed E-state index contributed by atoms with van der Waals surface area (Å²) in [4.78, 5) is 12.6. The summed E-state index contributed by atoms with van der Waals surface area (Å²) in [6.07, 6.45) is 1.41. The fraction of sp³-hybridized carbons (Fsp3) is 0.0909. The van der Waals surface area contributed by atoms with Crippen LogP contribution in [0.1, 0.15) is 0 Å². The van der Waals surface area contributed by atoms with Crippen molar-refractivity contribution in [1.82, 2.24) is 24.1 Å². The second kappa shape index (κ2) is 7.59. The quantitative estimate of drug-likeness (QED) is 0.402. The Morgan fingerprint density at radius 2 is 1.70 bits per heavy atom. The van der Waals surface area contributed by atoms with Gasteiger partial charge in [0.05, 0.1) is 45.9 Å². The number of benzene rings is 2. The van der Waals surface area contributed by atoms with Gasteiger partial charge in [-0.25, -0.2) is 9.97 Å². The molecule has 0 saturated carbocycles. The van der Waals surface area contributed by atoms with E-state index in [0.29, 0.717) is 38.8 Å².